The van der Waals surface area contributed by atoms with E-state index in [-0.39, 0.29) is 12.2 Å². The van der Waals surface area contributed by atoms with E-state index in [1.54, 1.807) is 6.92 Å². The summed E-state index contributed by atoms with van der Waals surface area (Å²) in [7, 11) is 0. The van der Waals surface area contributed by atoms with Crippen LogP contribution >= 0.6 is 11.8 Å². The molecule has 1 unspecified atom stereocenters. The molecule has 1 aliphatic heterocycles. The Morgan fingerprint density at radius 1 is 1.42 bits per heavy atom. The van der Waals surface area contributed by atoms with Crippen LogP contribution in [-0.4, -0.2) is 28.3 Å². The second kappa shape index (κ2) is 5.27. The van der Waals surface area contributed by atoms with Crippen molar-refractivity contribution >= 4 is 28.9 Å². The van der Waals surface area contributed by atoms with Gasteiger partial charge in [0.1, 0.15) is 0 Å². The van der Waals surface area contributed by atoms with Crippen LogP contribution in [0, 0.1) is 0 Å². The molecule has 1 atom stereocenters. The Bertz CT molecular complexity index is 609. The van der Waals surface area contributed by atoms with E-state index >= 15 is 0 Å². The topological polar surface area (TPSA) is 94.5 Å². The van der Waals surface area contributed by atoms with E-state index in [4.69, 9.17) is 4.74 Å². The summed E-state index contributed by atoms with van der Waals surface area (Å²) in [4.78, 5) is 45.9. The Labute approximate surface area is 111 Å². The van der Waals surface area contributed by atoms with Crippen LogP contribution in [0.4, 0.5) is 4.79 Å². The minimum atomic E-state index is -0.991. The molecular weight excluding hydrogens is 272 g/mol. The lowest BCUT2D eigenvalue weighted by molar-refractivity contribution is -0.120. The van der Waals surface area contributed by atoms with Crippen LogP contribution in [0.1, 0.15) is 22.7 Å². The first-order valence-corrected chi connectivity index (χ1v) is 6.31. The van der Waals surface area contributed by atoms with Gasteiger partial charge in [-0.1, -0.05) is 0 Å². The third-order valence-corrected chi connectivity index (χ3v) is 3.35. The maximum Gasteiger partial charge on any atom is 0.339 e. The number of nitrogens with zero attached hydrogens (tertiary/aromatic N) is 1. The number of carbonyl (C=O) groups excluding carboxylic acids is 3. The van der Waals surface area contributed by atoms with Gasteiger partial charge in [0.2, 0.25) is 0 Å². The molecule has 1 saturated heterocycles. The van der Waals surface area contributed by atoms with Gasteiger partial charge in [-0.15, -0.1) is 0 Å². The molecule has 2 rings (SSSR count). The molecular formula is C11H10N2O5S. The normalized spacial score (nSPS) is 18.3. The lowest BCUT2D eigenvalue weighted by atomic mass is 10.3. The summed E-state index contributed by atoms with van der Waals surface area (Å²) in [5, 5.41) is 0.560. The number of esters is 1. The van der Waals surface area contributed by atoms with Crippen LogP contribution in [0.15, 0.2) is 23.1 Å². The van der Waals surface area contributed by atoms with Gasteiger partial charge in [0.05, 0.1) is 12.2 Å². The molecule has 1 aromatic heterocycles. The Morgan fingerprint density at radius 2 is 2.16 bits per heavy atom. The first kappa shape index (κ1) is 13.3. The Morgan fingerprint density at radius 3 is 2.74 bits per heavy atom. The number of pyridine rings is 1. The summed E-state index contributed by atoms with van der Waals surface area (Å²) < 4.78 is 5.84. The quantitative estimate of drug-likeness (QED) is 0.811. The number of amides is 2. The number of imide groups is 1. The molecule has 0 bridgehead atoms. The molecule has 2 heterocycles. The van der Waals surface area contributed by atoms with Crippen LogP contribution in [0.5, 0.6) is 0 Å². The minimum Gasteiger partial charge on any atom is -0.462 e. The smallest absolute Gasteiger partial charge is 0.339 e. The van der Waals surface area contributed by atoms with Crippen molar-refractivity contribution in [2.45, 2.75) is 12.3 Å². The average Bonchev–Trinajstić information content (AvgIpc) is 2.69. The molecule has 2 amide bonds. The van der Waals surface area contributed by atoms with E-state index in [9.17, 15) is 19.2 Å². The minimum absolute atomic E-state index is 0.147. The second-order valence-corrected chi connectivity index (χ2v) is 4.68. The van der Waals surface area contributed by atoms with Gasteiger partial charge in [0.15, 0.2) is 5.37 Å². The van der Waals surface area contributed by atoms with Gasteiger partial charge in [0.25, 0.3) is 16.7 Å². The van der Waals surface area contributed by atoms with Gasteiger partial charge in [-0.25, -0.2) is 4.79 Å². The highest BCUT2D eigenvalue weighted by Crippen LogP contribution is 2.27. The molecule has 8 heteroatoms. The van der Waals surface area contributed by atoms with Crippen LogP contribution in [-0.2, 0) is 9.53 Å². The molecule has 1 N–H and O–H groups in total. The highest BCUT2D eigenvalue weighted by molar-refractivity contribution is 8.14. The number of carbonyl (C=O) groups is 3. The SMILES string of the molecule is CCOC(=O)c1ccc(=O)n(C2SC(=O)NC2=O)c1. The lowest BCUT2D eigenvalue weighted by Gasteiger charge is -2.10. The summed E-state index contributed by atoms with van der Waals surface area (Å²) in [5.41, 5.74) is -0.329. The van der Waals surface area contributed by atoms with Crippen molar-refractivity contribution in [3.05, 3.63) is 34.2 Å². The predicted molar refractivity (Wildman–Crippen MR) is 66.8 cm³/mol. The van der Waals surface area contributed by atoms with E-state index in [2.05, 4.69) is 5.32 Å². The Balaban J connectivity index is 2.38. The molecule has 0 aromatic carbocycles. The highest BCUT2D eigenvalue weighted by atomic mass is 32.2. The van der Waals surface area contributed by atoms with Crippen LogP contribution in [0.2, 0.25) is 0 Å². The zero-order valence-corrected chi connectivity index (χ0v) is 10.7. The third-order valence-electron chi connectivity index (χ3n) is 2.37. The van der Waals surface area contributed by atoms with Crippen molar-refractivity contribution < 1.29 is 19.1 Å². The molecule has 1 aliphatic rings. The van der Waals surface area contributed by atoms with Crippen LogP contribution in [0.3, 0.4) is 0 Å². The molecule has 0 aliphatic carbocycles. The number of rotatable bonds is 3. The largest absolute Gasteiger partial charge is 0.462 e. The number of nitrogens with one attached hydrogen (secondary N) is 1. The average molecular weight is 282 g/mol. The fourth-order valence-corrected chi connectivity index (χ4v) is 2.36. The van der Waals surface area contributed by atoms with Crippen molar-refractivity contribution in [3.8, 4) is 0 Å². The summed E-state index contributed by atoms with van der Waals surface area (Å²) >= 11 is 0.686. The first-order valence-electron chi connectivity index (χ1n) is 5.43. The summed E-state index contributed by atoms with van der Waals surface area (Å²) in [6.07, 6.45) is 1.22. The maximum atomic E-state index is 11.7. The molecule has 1 aromatic rings. The Kier molecular flexibility index (Phi) is 3.70. The van der Waals surface area contributed by atoms with Crippen LogP contribution in [0.25, 0.3) is 0 Å². The van der Waals surface area contributed by atoms with E-state index in [1.807, 2.05) is 0 Å². The zero-order chi connectivity index (χ0) is 14.0. The van der Waals surface area contributed by atoms with Crippen LogP contribution < -0.4 is 10.9 Å². The predicted octanol–water partition coefficient (Wildman–Crippen LogP) is 0.507. The number of hydrogen-bond acceptors (Lipinski definition) is 6. The van der Waals surface area contributed by atoms with Gasteiger partial charge < -0.3 is 4.74 Å². The summed E-state index contributed by atoms with van der Waals surface area (Å²) in [6.45, 7) is 1.86. The molecule has 0 radical (unpaired) electrons. The van der Waals surface area contributed by atoms with Crippen molar-refractivity contribution in [2.75, 3.05) is 6.61 Å². The second-order valence-electron chi connectivity index (χ2n) is 3.63. The van der Waals surface area contributed by atoms with E-state index < -0.39 is 28.0 Å². The van der Waals surface area contributed by atoms with Crippen molar-refractivity contribution in [3.63, 3.8) is 0 Å². The van der Waals surface area contributed by atoms with Gasteiger partial charge >= 0.3 is 5.97 Å². The summed E-state index contributed by atoms with van der Waals surface area (Å²) in [6, 6.07) is 2.47. The molecule has 0 saturated carbocycles. The number of thioether (sulfide) groups is 1. The van der Waals surface area contributed by atoms with E-state index in [0.717, 1.165) is 10.6 Å². The number of hydrogen-bond donors (Lipinski definition) is 1. The summed E-state index contributed by atoms with van der Waals surface area (Å²) in [5.74, 6) is -1.18. The number of ether oxygens (including phenoxy) is 1. The van der Waals surface area contributed by atoms with Gasteiger partial charge in [-0.05, 0) is 24.8 Å². The standard InChI is InChI=1S/C11H10N2O5S/c1-2-18-10(16)6-3-4-7(14)13(5-6)9-8(15)12-11(17)19-9/h3-5,9H,2H2,1H3,(H,12,15,17). The molecule has 1 fully saturated rings. The lowest BCUT2D eigenvalue weighted by Crippen LogP contribution is -2.29. The van der Waals surface area contributed by atoms with Gasteiger partial charge in [-0.3, -0.25) is 24.3 Å². The Hall–Kier alpha value is -2.09. The fourth-order valence-electron chi connectivity index (χ4n) is 1.55. The monoisotopic (exact) mass is 282 g/mol. The highest BCUT2D eigenvalue weighted by Gasteiger charge is 2.33. The third kappa shape index (κ3) is 2.68. The molecule has 100 valence electrons. The fraction of sp³-hybridized carbons (Fsp3) is 0.273. The van der Waals surface area contributed by atoms with Crippen molar-refractivity contribution in [1.29, 1.82) is 0 Å². The molecule has 7 nitrogen and oxygen atoms in total. The molecule has 19 heavy (non-hydrogen) atoms. The van der Waals surface area contributed by atoms with Gasteiger partial charge in [-0.2, -0.15) is 0 Å². The van der Waals surface area contributed by atoms with Crippen molar-refractivity contribution in [2.24, 2.45) is 0 Å². The zero-order valence-electron chi connectivity index (χ0n) is 9.91. The number of aromatic nitrogens is 1. The molecule has 0 spiro atoms. The van der Waals surface area contributed by atoms with E-state index in [0.29, 0.717) is 11.8 Å². The first-order chi connectivity index (χ1) is 9.02. The van der Waals surface area contributed by atoms with E-state index in [1.165, 1.54) is 12.3 Å². The maximum absolute atomic E-state index is 11.7. The van der Waals surface area contributed by atoms with Crippen molar-refractivity contribution in [1.82, 2.24) is 9.88 Å². The van der Waals surface area contributed by atoms with Gasteiger partial charge in [0, 0.05) is 12.3 Å².